The highest BCUT2D eigenvalue weighted by Crippen LogP contribution is 2.46. The molecular weight excluding hydrogens is 300 g/mol. The van der Waals surface area contributed by atoms with Gasteiger partial charge in [-0.25, -0.2) is 4.79 Å². The lowest BCUT2D eigenvalue weighted by Gasteiger charge is -2.33. The second-order valence-electron chi connectivity index (χ2n) is 6.99. The molecule has 3 unspecified atom stereocenters. The Morgan fingerprint density at radius 2 is 2.21 bits per heavy atom. The van der Waals surface area contributed by atoms with Crippen molar-refractivity contribution in [1.29, 1.82) is 0 Å². The molecular formula is C20H28N2O2. The molecule has 0 aromatic rings. The zero-order chi connectivity index (χ0) is 17.1. The van der Waals surface area contributed by atoms with Gasteiger partial charge in [-0.1, -0.05) is 38.2 Å². The van der Waals surface area contributed by atoms with E-state index in [4.69, 9.17) is 0 Å². The van der Waals surface area contributed by atoms with Crippen molar-refractivity contribution < 1.29 is 9.90 Å². The van der Waals surface area contributed by atoms with E-state index in [1.807, 2.05) is 0 Å². The molecule has 0 aromatic carbocycles. The van der Waals surface area contributed by atoms with Crippen molar-refractivity contribution >= 4 is 5.97 Å². The molecule has 130 valence electrons. The highest BCUT2D eigenvalue weighted by Gasteiger charge is 2.46. The van der Waals surface area contributed by atoms with Gasteiger partial charge in [0.15, 0.2) is 0 Å². The Morgan fingerprint density at radius 3 is 2.92 bits per heavy atom. The first-order valence-corrected chi connectivity index (χ1v) is 9.27. The molecule has 2 bridgehead atoms. The van der Waals surface area contributed by atoms with Gasteiger partial charge in [0.05, 0.1) is 6.54 Å². The summed E-state index contributed by atoms with van der Waals surface area (Å²) in [6.07, 6.45) is 8.40. The van der Waals surface area contributed by atoms with Crippen LogP contribution in [0.25, 0.3) is 0 Å². The molecule has 0 spiro atoms. The lowest BCUT2D eigenvalue weighted by atomic mass is 9.80. The molecule has 1 N–H and O–H groups in total. The third-order valence-corrected chi connectivity index (χ3v) is 5.75. The Kier molecular flexibility index (Phi) is 5.43. The van der Waals surface area contributed by atoms with Gasteiger partial charge < -0.3 is 5.11 Å². The normalized spacial score (nSPS) is 30.7. The van der Waals surface area contributed by atoms with Crippen LogP contribution < -0.4 is 0 Å². The predicted octanol–water partition coefficient (Wildman–Crippen LogP) is 2.53. The Bertz CT molecular complexity index is 607. The molecule has 24 heavy (non-hydrogen) atoms. The van der Waals surface area contributed by atoms with E-state index >= 15 is 0 Å². The molecule has 0 amide bonds. The average molecular weight is 328 g/mol. The van der Waals surface area contributed by atoms with Gasteiger partial charge in [-0.15, -0.1) is 0 Å². The maximum absolute atomic E-state index is 11.3. The fraction of sp³-hybridized carbons (Fsp3) is 0.650. The summed E-state index contributed by atoms with van der Waals surface area (Å²) in [7, 11) is 0. The van der Waals surface area contributed by atoms with Crippen molar-refractivity contribution in [2.45, 2.75) is 51.6 Å². The molecule has 3 aliphatic rings. The van der Waals surface area contributed by atoms with Crippen LogP contribution in [0, 0.1) is 17.8 Å². The van der Waals surface area contributed by atoms with Gasteiger partial charge in [-0.2, -0.15) is 0 Å². The zero-order valence-corrected chi connectivity index (χ0v) is 14.8. The summed E-state index contributed by atoms with van der Waals surface area (Å²) in [6, 6.07) is 0.955. The van der Waals surface area contributed by atoms with E-state index in [-0.39, 0.29) is 0 Å². The van der Waals surface area contributed by atoms with E-state index < -0.39 is 5.97 Å². The minimum Gasteiger partial charge on any atom is -0.478 e. The van der Waals surface area contributed by atoms with Gasteiger partial charge in [0.1, 0.15) is 0 Å². The molecule has 4 heteroatoms. The van der Waals surface area contributed by atoms with Crippen LogP contribution in [0.3, 0.4) is 0 Å². The van der Waals surface area contributed by atoms with Gasteiger partial charge in [0.25, 0.3) is 0 Å². The molecule has 0 aromatic heterocycles. The van der Waals surface area contributed by atoms with Crippen LogP contribution in [-0.2, 0) is 4.79 Å². The number of piperidine rings is 1. The number of rotatable bonds is 4. The van der Waals surface area contributed by atoms with E-state index in [9.17, 15) is 9.90 Å². The van der Waals surface area contributed by atoms with E-state index in [0.717, 1.165) is 43.7 Å². The molecule has 0 radical (unpaired) electrons. The van der Waals surface area contributed by atoms with Crippen LogP contribution in [0.5, 0.6) is 0 Å². The summed E-state index contributed by atoms with van der Waals surface area (Å²) < 4.78 is 0. The maximum atomic E-state index is 11.3. The number of carbonyl (C=O) groups is 1. The van der Waals surface area contributed by atoms with Gasteiger partial charge in [0.2, 0.25) is 0 Å². The predicted molar refractivity (Wildman–Crippen MR) is 95.6 cm³/mol. The molecule has 2 saturated heterocycles. The quantitative estimate of drug-likeness (QED) is 0.636. The third kappa shape index (κ3) is 3.43. The van der Waals surface area contributed by atoms with Crippen molar-refractivity contribution in [3.63, 3.8) is 0 Å². The Balaban J connectivity index is 1.86. The maximum Gasteiger partial charge on any atom is 0.328 e. The van der Waals surface area contributed by atoms with E-state index in [2.05, 4.69) is 41.6 Å². The molecule has 2 fully saturated rings. The molecule has 4 nitrogen and oxygen atoms in total. The van der Waals surface area contributed by atoms with E-state index in [1.54, 1.807) is 0 Å². The zero-order valence-electron chi connectivity index (χ0n) is 14.8. The Labute approximate surface area is 145 Å². The van der Waals surface area contributed by atoms with Crippen molar-refractivity contribution in [2.24, 2.45) is 5.92 Å². The van der Waals surface area contributed by atoms with E-state index in [0.29, 0.717) is 18.0 Å². The number of fused-ring (bicyclic) bond motifs is 5. The molecule has 2 heterocycles. The molecule has 2 aliphatic heterocycles. The third-order valence-electron chi connectivity index (χ3n) is 5.75. The topological polar surface area (TPSA) is 43.8 Å². The monoisotopic (exact) mass is 328 g/mol. The highest BCUT2D eigenvalue weighted by atomic mass is 16.4. The second-order valence-corrected chi connectivity index (χ2v) is 6.99. The van der Waals surface area contributed by atoms with Crippen LogP contribution in [0.1, 0.15) is 39.5 Å². The summed E-state index contributed by atoms with van der Waals surface area (Å²) in [6.45, 7) is 8.14. The first kappa shape index (κ1) is 17.3. The fourth-order valence-electron chi connectivity index (χ4n) is 4.49. The average Bonchev–Trinajstić information content (AvgIpc) is 2.89. The first-order chi connectivity index (χ1) is 11.6. The van der Waals surface area contributed by atoms with Gasteiger partial charge >= 0.3 is 5.97 Å². The van der Waals surface area contributed by atoms with Crippen molar-refractivity contribution in [3.05, 3.63) is 23.3 Å². The number of carboxylic acid groups (broad SMARTS) is 1. The number of nitrogens with zero attached hydrogens (tertiary/aromatic N) is 2. The minimum absolute atomic E-state index is 0.342. The number of carboxylic acids is 1. The van der Waals surface area contributed by atoms with Crippen LogP contribution in [0.15, 0.2) is 23.3 Å². The summed E-state index contributed by atoms with van der Waals surface area (Å²) in [5.74, 6) is 6.05. The minimum atomic E-state index is -0.853. The number of aliphatic carboxylic acids is 1. The van der Waals surface area contributed by atoms with Crippen LogP contribution in [0.4, 0.5) is 0 Å². The molecule has 1 aliphatic carbocycles. The van der Waals surface area contributed by atoms with E-state index in [1.165, 1.54) is 25.3 Å². The number of allylic oxidation sites excluding steroid dienone is 1. The SMILES string of the molecule is CCN(CC)CC#CC1=CC2CC(C1=CC(=O)O)C1CCCCN21. The van der Waals surface area contributed by atoms with Crippen molar-refractivity contribution in [2.75, 3.05) is 26.2 Å². The largest absolute Gasteiger partial charge is 0.478 e. The van der Waals surface area contributed by atoms with Gasteiger partial charge in [-0.3, -0.25) is 9.80 Å². The first-order valence-electron chi connectivity index (χ1n) is 9.27. The summed E-state index contributed by atoms with van der Waals surface area (Å²) in [5, 5.41) is 9.32. The summed E-state index contributed by atoms with van der Waals surface area (Å²) in [4.78, 5) is 16.2. The number of hydrogen-bond acceptors (Lipinski definition) is 3. The highest BCUT2D eigenvalue weighted by molar-refractivity contribution is 5.82. The molecule has 3 rings (SSSR count). The summed E-state index contributed by atoms with van der Waals surface area (Å²) in [5.41, 5.74) is 1.92. The van der Waals surface area contributed by atoms with Crippen LogP contribution in [-0.4, -0.2) is 59.1 Å². The standard InChI is InChI=1S/C20H28N2O2/c1-3-21(4-2)10-7-8-15-12-16-13-18(17(15)14-20(23)24)19-9-5-6-11-22(16)19/h12,14,16,18-19H,3-6,9-11,13H2,1-2H3,(H,23,24). The summed E-state index contributed by atoms with van der Waals surface area (Å²) >= 11 is 0. The Morgan fingerprint density at radius 1 is 1.42 bits per heavy atom. The smallest absolute Gasteiger partial charge is 0.328 e. The molecule has 3 atom stereocenters. The van der Waals surface area contributed by atoms with Crippen LogP contribution in [0.2, 0.25) is 0 Å². The lowest BCUT2D eigenvalue weighted by Crippen LogP contribution is -2.39. The van der Waals surface area contributed by atoms with Crippen molar-refractivity contribution in [1.82, 2.24) is 9.80 Å². The Hall–Kier alpha value is -1.57. The van der Waals surface area contributed by atoms with Gasteiger partial charge in [0, 0.05) is 29.7 Å². The second kappa shape index (κ2) is 7.55. The number of hydrogen-bond donors (Lipinski definition) is 1. The molecule has 0 saturated carbocycles. The fourth-order valence-corrected chi connectivity index (χ4v) is 4.49. The van der Waals surface area contributed by atoms with Crippen LogP contribution >= 0.6 is 0 Å². The lowest BCUT2D eigenvalue weighted by molar-refractivity contribution is -0.131. The van der Waals surface area contributed by atoms with Crippen molar-refractivity contribution in [3.8, 4) is 11.8 Å². The van der Waals surface area contributed by atoms with Gasteiger partial charge in [-0.05, 0) is 44.5 Å².